The number of hydrogen-bond donors (Lipinski definition) is 3. The quantitative estimate of drug-likeness (QED) is 0.366. The molecule has 0 bridgehead atoms. The molecule has 1 aromatic heterocycles. The summed E-state index contributed by atoms with van der Waals surface area (Å²) in [5.74, 6) is 0.610. The van der Waals surface area contributed by atoms with Crippen LogP contribution < -0.4 is 21.1 Å². The van der Waals surface area contributed by atoms with Gasteiger partial charge in [0.05, 0.1) is 11.5 Å². The summed E-state index contributed by atoms with van der Waals surface area (Å²) in [4.78, 5) is 19.1. The maximum atomic E-state index is 11.4. The third-order valence-electron chi connectivity index (χ3n) is 3.89. The zero-order chi connectivity index (χ0) is 20.8. The Morgan fingerprint density at radius 2 is 1.83 bits per heavy atom. The maximum Gasteiger partial charge on any atom is 0.353 e. The molecule has 29 heavy (non-hydrogen) atoms. The zero-order valence-corrected chi connectivity index (χ0v) is 16.3. The molecule has 0 aliphatic carbocycles. The van der Waals surface area contributed by atoms with Crippen molar-refractivity contribution in [3.63, 3.8) is 0 Å². The van der Waals surface area contributed by atoms with Gasteiger partial charge in [0.1, 0.15) is 5.75 Å². The minimum absolute atomic E-state index is 0.00901. The highest BCUT2D eigenvalue weighted by Gasteiger charge is 2.23. The third-order valence-corrected chi connectivity index (χ3v) is 4.14. The van der Waals surface area contributed by atoms with Gasteiger partial charge in [0, 0.05) is 17.3 Å². The second-order valence-electron chi connectivity index (χ2n) is 5.95. The highest BCUT2D eigenvalue weighted by Crippen LogP contribution is 2.32. The van der Waals surface area contributed by atoms with Crippen LogP contribution in [0.3, 0.4) is 0 Å². The molecule has 150 valence electrons. The summed E-state index contributed by atoms with van der Waals surface area (Å²) in [5, 5.41) is 18.0. The van der Waals surface area contributed by atoms with Crippen molar-refractivity contribution >= 4 is 40.6 Å². The van der Waals surface area contributed by atoms with E-state index in [0.29, 0.717) is 29.6 Å². The van der Waals surface area contributed by atoms with Crippen LogP contribution in [0.4, 0.5) is 29.0 Å². The van der Waals surface area contributed by atoms with Gasteiger partial charge >= 0.3 is 5.69 Å². The van der Waals surface area contributed by atoms with Crippen LogP contribution in [0.5, 0.6) is 5.75 Å². The lowest BCUT2D eigenvalue weighted by molar-refractivity contribution is -0.383. The van der Waals surface area contributed by atoms with Gasteiger partial charge in [-0.1, -0.05) is 23.7 Å². The SMILES string of the molecule is CCOc1ccc(Nc2nc(NCc3ccc(Cl)cc3)nc(N)c2[N+](=O)[O-])cc1. The molecule has 0 saturated heterocycles. The van der Waals surface area contributed by atoms with Gasteiger partial charge < -0.3 is 21.1 Å². The normalized spacial score (nSPS) is 10.4. The number of aromatic nitrogens is 2. The Kier molecular flexibility index (Phi) is 6.30. The number of nitrogens with one attached hydrogen (secondary N) is 2. The number of nitrogens with zero attached hydrogens (tertiary/aromatic N) is 3. The summed E-state index contributed by atoms with van der Waals surface area (Å²) in [6, 6.07) is 14.2. The fourth-order valence-electron chi connectivity index (χ4n) is 2.54. The van der Waals surface area contributed by atoms with Crippen LogP contribution >= 0.6 is 11.6 Å². The second kappa shape index (κ2) is 9.07. The Hall–Kier alpha value is -3.59. The molecule has 2 aromatic carbocycles. The Morgan fingerprint density at radius 3 is 2.45 bits per heavy atom. The van der Waals surface area contributed by atoms with E-state index in [9.17, 15) is 10.1 Å². The summed E-state index contributed by atoms with van der Waals surface area (Å²) in [5.41, 5.74) is 6.96. The van der Waals surface area contributed by atoms with Gasteiger partial charge in [-0.15, -0.1) is 0 Å². The Morgan fingerprint density at radius 1 is 1.14 bits per heavy atom. The summed E-state index contributed by atoms with van der Waals surface area (Å²) in [6.45, 7) is 2.83. The van der Waals surface area contributed by atoms with E-state index in [2.05, 4.69) is 20.6 Å². The molecule has 0 amide bonds. The van der Waals surface area contributed by atoms with Crippen molar-refractivity contribution < 1.29 is 9.66 Å². The molecule has 4 N–H and O–H groups in total. The standard InChI is InChI=1S/C19H19ClN6O3/c1-2-29-15-9-7-14(8-10-15)23-18-16(26(27)28)17(21)24-19(25-18)22-11-12-3-5-13(20)6-4-12/h3-10H,2,11H2,1H3,(H4,21,22,23,24,25). The first-order valence-corrected chi connectivity index (χ1v) is 9.14. The molecule has 3 rings (SSSR count). The van der Waals surface area contributed by atoms with Crippen molar-refractivity contribution in [2.75, 3.05) is 23.0 Å². The Balaban J connectivity index is 1.83. The maximum absolute atomic E-state index is 11.4. The van der Waals surface area contributed by atoms with Gasteiger partial charge in [0.25, 0.3) is 0 Å². The molecular weight excluding hydrogens is 396 g/mol. The van der Waals surface area contributed by atoms with E-state index in [1.165, 1.54) is 0 Å². The predicted molar refractivity (Wildman–Crippen MR) is 113 cm³/mol. The molecule has 0 saturated carbocycles. The fraction of sp³-hybridized carbons (Fsp3) is 0.158. The first kappa shape index (κ1) is 20.2. The van der Waals surface area contributed by atoms with Crippen LogP contribution in [0.25, 0.3) is 0 Å². The molecule has 3 aromatic rings. The third kappa shape index (κ3) is 5.23. The van der Waals surface area contributed by atoms with Crippen molar-refractivity contribution in [3.8, 4) is 5.75 Å². The lowest BCUT2D eigenvalue weighted by Crippen LogP contribution is -2.10. The van der Waals surface area contributed by atoms with Crippen LogP contribution in [0, 0.1) is 10.1 Å². The Labute approximate surface area is 172 Å². The van der Waals surface area contributed by atoms with Crippen molar-refractivity contribution in [2.45, 2.75) is 13.5 Å². The van der Waals surface area contributed by atoms with Crippen molar-refractivity contribution in [1.29, 1.82) is 0 Å². The van der Waals surface area contributed by atoms with E-state index < -0.39 is 10.6 Å². The first-order valence-electron chi connectivity index (χ1n) is 8.76. The van der Waals surface area contributed by atoms with Gasteiger partial charge in [-0.25, -0.2) is 0 Å². The number of rotatable bonds is 8. The van der Waals surface area contributed by atoms with Crippen LogP contribution in [0.1, 0.15) is 12.5 Å². The highest BCUT2D eigenvalue weighted by atomic mass is 35.5. The number of anilines is 4. The predicted octanol–water partition coefficient (Wildman–Crippen LogP) is 4.37. The first-order chi connectivity index (χ1) is 14.0. The molecule has 9 nitrogen and oxygen atoms in total. The highest BCUT2D eigenvalue weighted by molar-refractivity contribution is 6.30. The molecule has 0 aliphatic heterocycles. The van der Waals surface area contributed by atoms with E-state index in [1.807, 2.05) is 19.1 Å². The van der Waals surface area contributed by atoms with Gasteiger partial charge in [-0.05, 0) is 48.9 Å². The molecular formula is C19H19ClN6O3. The molecule has 0 unspecified atom stereocenters. The van der Waals surface area contributed by atoms with Crippen molar-refractivity contribution in [1.82, 2.24) is 9.97 Å². The van der Waals surface area contributed by atoms with Gasteiger partial charge in [0.2, 0.25) is 17.6 Å². The Bertz CT molecular complexity index is 996. The largest absolute Gasteiger partial charge is 0.494 e. The van der Waals surface area contributed by atoms with Crippen LogP contribution in [-0.2, 0) is 6.54 Å². The molecule has 0 fully saturated rings. The molecule has 0 aliphatic rings. The zero-order valence-electron chi connectivity index (χ0n) is 15.6. The number of hydrogen-bond acceptors (Lipinski definition) is 8. The monoisotopic (exact) mass is 414 g/mol. The average Bonchev–Trinajstić information content (AvgIpc) is 2.69. The van der Waals surface area contributed by atoms with E-state index in [4.69, 9.17) is 22.1 Å². The van der Waals surface area contributed by atoms with E-state index in [0.717, 1.165) is 5.56 Å². The minimum atomic E-state index is -0.616. The fourth-order valence-corrected chi connectivity index (χ4v) is 2.67. The van der Waals surface area contributed by atoms with Gasteiger partial charge in [0.15, 0.2) is 0 Å². The molecule has 0 atom stereocenters. The summed E-state index contributed by atoms with van der Waals surface area (Å²) in [7, 11) is 0. The van der Waals surface area contributed by atoms with Gasteiger partial charge in [-0.2, -0.15) is 9.97 Å². The number of benzene rings is 2. The molecule has 10 heteroatoms. The number of nitro groups is 1. The summed E-state index contributed by atoms with van der Waals surface area (Å²) < 4.78 is 5.39. The van der Waals surface area contributed by atoms with Crippen LogP contribution in [-0.4, -0.2) is 21.5 Å². The van der Waals surface area contributed by atoms with Crippen LogP contribution in [0.2, 0.25) is 5.02 Å². The van der Waals surface area contributed by atoms with E-state index in [1.54, 1.807) is 36.4 Å². The lowest BCUT2D eigenvalue weighted by atomic mass is 10.2. The summed E-state index contributed by atoms with van der Waals surface area (Å²) in [6.07, 6.45) is 0. The minimum Gasteiger partial charge on any atom is -0.494 e. The number of halogens is 1. The number of nitrogen functional groups attached to an aromatic ring is 1. The average molecular weight is 415 g/mol. The molecule has 0 spiro atoms. The second-order valence-corrected chi connectivity index (χ2v) is 6.39. The number of ether oxygens (including phenoxy) is 1. The van der Waals surface area contributed by atoms with Crippen LogP contribution in [0.15, 0.2) is 48.5 Å². The van der Waals surface area contributed by atoms with Crippen molar-refractivity contribution in [2.24, 2.45) is 0 Å². The van der Waals surface area contributed by atoms with Gasteiger partial charge in [-0.3, -0.25) is 10.1 Å². The smallest absolute Gasteiger partial charge is 0.353 e. The topological polar surface area (TPSA) is 128 Å². The number of nitrogens with two attached hydrogens (primary N) is 1. The summed E-state index contributed by atoms with van der Waals surface area (Å²) >= 11 is 5.88. The van der Waals surface area contributed by atoms with E-state index >= 15 is 0 Å². The molecule has 0 radical (unpaired) electrons. The van der Waals surface area contributed by atoms with Crippen molar-refractivity contribution in [3.05, 3.63) is 69.2 Å². The van der Waals surface area contributed by atoms with E-state index in [-0.39, 0.29) is 17.6 Å². The molecule has 1 heterocycles. The lowest BCUT2D eigenvalue weighted by Gasteiger charge is -2.11.